The van der Waals surface area contributed by atoms with Crippen molar-refractivity contribution in [1.82, 2.24) is 15.5 Å². The number of hydrogen-bond acceptors (Lipinski definition) is 3. The van der Waals surface area contributed by atoms with Crippen molar-refractivity contribution < 1.29 is 4.74 Å². The first-order valence-corrected chi connectivity index (χ1v) is 11.5. The predicted molar refractivity (Wildman–Crippen MR) is 137 cm³/mol. The van der Waals surface area contributed by atoms with Gasteiger partial charge in [0.15, 0.2) is 5.96 Å². The Hall–Kier alpha value is -0.570. The van der Waals surface area contributed by atoms with Gasteiger partial charge in [-0.3, -0.25) is 4.99 Å². The number of aliphatic imine (C=N–C) groups is 1. The maximum atomic E-state index is 6.21. The van der Waals surface area contributed by atoms with E-state index in [2.05, 4.69) is 48.4 Å². The van der Waals surface area contributed by atoms with Crippen LogP contribution in [0.1, 0.15) is 52.0 Å². The van der Waals surface area contributed by atoms with Gasteiger partial charge in [0.2, 0.25) is 0 Å². The smallest absolute Gasteiger partial charge is 0.191 e. The summed E-state index contributed by atoms with van der Waals surface area (Å²) in [6.45, 7) is 12.1. The van der Waals surface area contributed by atoms with Gasteiger partial charge in [0.05, 0.1) is 19.3 Å². The first-order valence-electron chi connectivity index (χ1n) is 11.2. The van der Waals surface area contributed by atoms with Crippen molar-refractivity contribution >= 4 is 41.5 Å². The number of nitrogens with one attached hydrogen (secondary N) is 2. The molecule has 1 saturated heterocycles. The van der Waals surface area contributed by atoms with Crippen LogP contribution in [0, 0.1) is 0 Å². The van der Waals surface area contributed by atoms with Crippen molar-refractivity contribution in [3.8, 4) is 0 Å². The largest absolute Gasteiger partial charge is 0.377 e. The zero-order chi connectivity index (χ0) is 20.7. The first kappa shape index (κ1) is 25.7. The summed E-state index contributed by atoms with van der Waals surface area (Å²) in [6.07, 6.45) is 4.98. The van der Waals surface area contributed by atoms with Gasteiger partial charge in [-0.15, -0.1) is 24.0 Å². The zero-order valence-corrected chi connectivity index (χ0v) is 21.7. The Labute approximate surface area is 204 Å². The third-order valence-electron chi connectivity index (χ3n) is 5.96. The van der Waals surface area contributed by atoms with Crippen molar-refractivity contribution in [3.63, 3.8) is 0 Å². The number of guanidine groups is 1. The van der Waals surface area contributed by atoms with Crippen LogP contribution in [-0.2, 0) is 10.2 Å². The van der Waals surface area contributed by atoms with Crippen LogP contribution >= 0.6 is 35.6 Å². The number of nitrogens with zero attached hydrogens (tertiary/aromatic N) is 2. The summed E-state index contributed by atoms with van der Waals surface area (Å²) in [4.78, 5) is 7.46. The van der Waals surface area contributed by atoms with E-state index in [1.165, 1.54) is 18.4 Å². The molecule has 0 aromatic heterocycles. The molecule has 0 atom stereocenters. The third kappa shape index (κ3) is 7.84. The number of piperidine rings is 1. The minimum Gasteiger partial charge on any atom is -0.377 e. The highest BCUT2D eigenvalue weighted by Crippen LogP contribution is 2.48. The fourth-order valence-corrected chi connectivity index (χ4v) is 4.16. The summed E-state index contributed by atoms with van der Waals surface area (Å²) >= 11 is 6.21. The number of rotatable bonds is 9. The van der Waals surface area contributed by atoms with E-state index in [4.69, 9.17) is 21.3 Å². The van der Waals surface area contributed by atoms with E-state index in [1.54, 1.807) is 0 Å². The lowest BCUT2D eigenvalue weighted by atomic mass is 9.96. The summed E-state index contributed by atoms with van der Waals surface area (Å²) in [5, 5.41) is 7.91. The summed E-state index contributed by atoms with van der Waals surface area (Å²) in [7, 11) is 0. The number of halogens is 2. The van der Waals surface area contributed by atoms with E-state index in [-0.39, 0.29) is 29.4 Å². The molecule has 1 aliphatic carbocycles. The Morgan fingerprint density at radius 2 is 2.03 bits per heavy atom. The molecular weight excluding hydrogens is 511 g/mol. The molecule has 2 fully saturated rings. The SMILES string of the molecule is CCNC(=NCC1(c2cccc(Cl)c2)CC1)NC1CCN(CCOC(C)C)CC1.I. The van der Waals surface area contributed by atoms with Gasteiger partial charge in [0.1, 0.15) is 0 Å². The predicted octanol–water partition coefficient (Wildman–Crippen LogP) is 4.43. The maximum Gasteiger partial charge on any atom is 0.191 e. The van der Waals surface area contributed by atoms with Gasteiger partial charge < -0.3 is 20.3 Å². The fraction of sp³-hybridized carbons (Fsp3) is 0.696. The van der Waals surface area contributed by atoms with Crippen LogP contribution in [0.2, 0.25) is 5.02 Å². The molecule has 1 heterocycles. The second-order valence-corrected chi connectivity index (χ2v) is 9.10. The van der Waals surface area contributed by atoms with Crippen molar-refractivity contribution in [1.29, 1.82) is 0 Å². The highest BCUT2D eigenvalue weighted by Gasteiger charge is 2.44. The molecule has 30 heavy (non-hydrogen) atoms. The minimum absolute atomic E-state index is 0. The van der Waals surface area contributed by atoms with Crippen molar-refractivity contribution in [2.45, 2.75) is 64.0 Å². The molecule has 7 heteroatoms. The van der Waals surface area contributed by atoms with E-state index in [9.17, 15) is 0 Å². The van der Waals surface area contributed by atoms with E-state index in [0.29, 0.717) is 12.1 Å². The van der Waals surface area contributed by atoms with Gasteiger partial charge in [-0.1, -0.05) is 23.7 Å². The minimum atomic E-state index is 0. The van der Waals surface area contributed by atoms with Crippen LogP contribution in [0.3, 0.4) is 0 Å². The standard InChI is InChI=1S/C23H37ClN4O.HI/c1-4-25-22(26-17-23(10-11-23)19-6-5-7-20(24)16-19)27-21-8-12-28(13-9-21)14-15-29-18(2)3;/h5-7,16,18,21H,4,8-15,17H2,1-3H3,(H2,25,26,27);1H. The van der Waals surface area contributed by atoms with Crippen LogP contribution in [-0.4, -0.2) is 62.3 Å². The fourth-order valence-electron chi connectivity index (χ4n) is 3.97. The van der Waals surface area contributed by atoms with Gasteiger partial charge in [0.25, 0.3) is 0 Å². The molecule has 0 amide bonds. The van der Waals surface area contributed by atoms with Crippen LogP contribution in [0.5, 0.6) is 0 Å². The number of likely N-dealkylation sites (tertiary alicyclic amines) is 1. The van der Waals surface area contributed by atoms with Gasteiger partial charge in [-0.2, -0.15) is 0 Å². The molecule has 170 valence electrons. The molecule has 1 aliphatic heterocycles. The molecular formula is C23H38ClIN4O. The number of hydrogen-bond donors (Lipinski definition) is 2. The molecule has 2 aliphatic rings. The Morgan fingerprint density at radius 3 is 2.63 bits per heavy atom. The monoisotopic (exact) mass is 548 g/mol. The molecule has 0 unspecified atom stereocenters. The topological polar surface area (TPSA) is 48.9 Å². The maximum absolute atomic E-state index is 6.21. The Kier molecular flexibility index (Phi) is 10.7. The average molecular weight is 549 g/mol. The third-order valence-corrected chi connectivity index (χ3v) is 6.20. The van der Waals surface area contributed by atoms with Crippen molar-refractivity contribution in [2.75, 3.05) is 39.3 Å². The van der Waals surface area contributed by atoms with Crippen LogP contribution in [0.25, 0.3) is 0 Å². The Balaban J connectivity index is 0.00000320. The van der Waals surface area contributed by atoms with Crippen molar-refractivity contribution in [2.24, 2.45) is 4.99 Å². The van der Waals surface area contributed by atoms with Crippen LogP contribution in [0.4, 0.5) is 0 Å². The van der Waals surface area contributed by atoms with E-state index in [0.717, 1.165) is 63.2 Å². The molecule has 1 saturated carbocycles. The van der Waals surface area contributed by atoms with Gasteiger partial charge in [0, 0.05) is 42.7 Å². The van der Waals surface area contributed by atoms with Gasteiger partial charge in [-0.25, -0.2) is 0 Å². The quantitative estimate of drug-likeness (QED) is 0.272. The van der Waals surface area contributed by atoms with Crippen LogP contribution in [0.15, 0.2) is 29.3 Å². The second kappa shape index (κ2) is 12.5. The normalized spacial score (nSPS) is 19.4. The Bertz CT molecular complexity index is 673. The number of benzene rings is 1. The molecule has 1 aromatic rings. The zero-order valence-electron chi connectivity index (χ0n) is 18.6. The molecule has 1 aromatic carbocycles. The highest BCUT2D eigenvalue weighted by atomic mass is 127. The number of ether oxygens (including phenoxy) is 1. The lowest BCUT2D eigenvalue weighted by Gasteiger charge is -2.33. The van der Waals surface area contributed by atoms with E-state index in [1.807, 2.05) is 12.1 Å². The second-order valence-electron chi connectivity index (χ2n) is 8.67. The molecule has 3 rings (SSSR count). The summed E-state index contributed by atoms with van der Waals surface area (Å²) in [5.74, 6) is 0.947. The van der Waals surface area contributed by atoms with Crippen LogP contribution < -0.4 is 10.6 Å². The molecule has 0 bridgehead atoms. The molecule has 0 radical (unpaired) electrons. The Morgan fingerprint density at radius 1 is 1.30 bits per heavy atom. The van der Waals surface area contributed by atoms with Crippen molar-refractivity contribution in [3.05, 3.63) is 34.9 Å². The molecule has 0 spiro atoms. The summed E-state index contributed by atoms with van der Waals surface area (Å²) in [6, 6.07) is 8.76. The average Bonchev–Trinajstić information content (AvgIpc) is 3.49. The van der Waals surface area contributed by atoms with E-state index < -0.39 is 0 Å². The summed E-state index contributed by atoms with van der Waals surface area (Å²) < 4.78 is 5.69. The molecule has 5 nitrogen and oxygen atoms in total. The molecule has 2 N–H and O–H groups in total. The van der Waals surface area contributed by atoms with Gasteiger partial charge >= 0.3 is 0 Å². The lowest BCUT2D eigenvalue weighted by Crippen LogP contribution is -2.49. The first-order chi connectivity index (χ1) is 14.0. The lowest BCUT2D eigenvalue weighted by molar-refractivity contribution is 0.0532. The van der Waals surface area contributed by atoms with Gasteiger partial charge in [-0.05, 0) is 64.2 Å². The summed E-state index contributed by atoms with van der Waals surface area (Å²) in [5.41, 5.74) is 1.49. The highest BCUT2D eigenvalue weighted by molar-refractivity contribution is 14.0. The van der Waals surface area contributed by atoms with E-state index >= 15 is 0 Å².